The Bertz CT molecular complexity index is 765. The minimum atomic E-state index is -0.693. The van der Waals surface area contributed by atoms with Crippen LogP contribution in [-0.4, -0.2) is 29.4 Å². The number of benzene rings is 1. The second-order valence-electron chi connectivity index (χ2n) is 5.12. The van der Waals surface area contributed by atoms with Gasteiger partial charge in [-0.25, -0.2) is 9.79 Å². The van der Waals surface area contributed by atoms with Gasteiger partial charge in [0.15, 0.2) is 5.17 Å². The molecule has 1 atom stereocenters. The van der Waals surface area contributed by atoms with Crippen molar-refractivity contribution in [2.75, 3.05) is 12.4 Å². The molecule has 0 aromatic heterocycles. The molecule has 6 nitrogen and oxygen atoms in total. The van der Waals surface area contributed by atoms with Crippen LogP contribution in [-0.2, 0) is 14.3 Å². The molecule has 0 fully saturated rings. The van der Waals surface area contributed by atoms with Gasteiger partial charge in [-0.2, -0.15) is 0 Å². The number of nitrogens with zero attached hydrogens (tertiary/aromatic N) is 1. The molecule has 1 aliphatic rings. The molecule has 134 valence electrons. The Labute approximate surface area is 159 Å². The maximum Gasteiger partial charge on any atom is 0.338 e. The maximum atomic E-state index is 12.4. The molecule has 0 unspecified atom stereocenters. The lowest BCUT2D eigenvalue weighted by atomic mass is 9.96. The number of hydrogen-bond donors (Lipinski definition) is 2. The molecule has 0 bridgehead atoms. The molecule has 3 N–H and O–H groups in total. The average Bonchev–Trinajstić information content (AvgIpc) is 2.55. The van der Waals surface area contributed by atoms with Crippen LogP contribution < -0.4 is 11.1 Å². The van der Waals surface area contributed by atoms with E-state index in [2.05, 4.69) is 10.3 Å². The molecule has 25 heavy (non-hydrogen) atoms. The number of rotatable bonds is 5. The zero-order chi connectivity index (χ0) is 18.6. The highest BCUT2D eigenvalue weighted by Crippen LogP contribution is 2.38. The van der Waals surface area contributed by atoms with Gasteiger partial charge in [-0.15, -0.1) is 0 Å². The van der Waals surface area contributed by atoms with E-state index < -0.39 is 17.9 Å². The van der Waals surface area contributed by atoms with Crippen LogP contribution in [0.3, 0.4) is 0 Å². The number of esters is 1. The van der Waals surface area contributed by atoms with Gasteiger partial charge in [0.1, 0.15) is 6.04 Å². The highest BCUT2D eigenvalue weighted by Gasteiger charge is 2.32. The summed E-state index contributed by atoms with van der Waals surface area (Å²) in [6, 6.07) is 4.44. The van der Waals surface area contributed by atoms with Crippen LogP contribution in [0, 0.1) is 0 Å². The van der Waals surface area contributed by atoms with Gasteiger partial charge in [0, 0.05) is 11.3 Å². The van der Waals surface area contributed by atoms with Crippen molar-refractivity contribution in [2.45, 2.75) is 19.9 Å². The standard InChI is InChI=1S/C16H17Cl2N3O3S/c1-3-24-15(23)12-8(2)20-16(25-7-11(19)22)21-14(12)9-5-4-6-10(17)13(9)18/h4-6,14H,3,7H2,1-2H3,(H2,19,22)(H,20,21)/t14-/m0/s1. The summed E-state index contributed by atoms with van der Waals surface area (Å²) in [5.41, 5.74) is 6.67. The predicted molar refractivity (Wildman–Crippen MR) is 101 cm³/mol. The highest BCUT2D eigenvalue weighted by molar-refractivity contribution is 8.14. The maximum absolute atomic E-state index is 12.4. The average molecular weight is 402 g/mol. The Balaban J connectivity index is 2.48. The molecule has 9 heteroatoms. The molecular weight excluding hydrogens is 385 g/mol. The molecule has 1 heterocycles. The largest absolute Gasteiger partial charge is 0.463 e. The highest BCUT2D eigenvalue weighted by atomic mass is 35.5. The topological polar surface area (TPSA) is 93.8 Å². The zero-order valence-electron chi connectivity index (χ0n) is 13.6. The number of carbonyl (C=O) groups is 2. The molecule has 1 aliphatic heterocycles. The summed E-state index contributed by atoms with van der Waals surface area (Å²) in [7, 11) is 0. The van der Waals surface area contributed by atoms with E-state index in [1.54, 1.807) is 32.0 Å². The molecule has 1 aromatic rings. The molecule has 0 saturated carbocycles. The van der Waals surface area contributed by atoms with Crippen molar-refractivity contribution < 1.29 is 14.3 Å². The Morgan fingerprint density at radius 1 is 1.40 bits per heavy atom. The molecule has 0 spiro atoms. The van der Waals surface area contributed by atoms with E-state index in [9.17, 15) is 9.59 Å². The summed E-state index contributed by atoms with van der Waals surface area (Å²) >= 11 is 13.6. The quantitative estimate of drug-likeness (QED) is 0.739. The number of ether oxygens (including phenoxy) is 1. The van der Waals surface area contributed by atoms with Crippen molar-refractivity contribution in [1.82, 2.24) is 5.32 Å². The summed E-state index contributed by atoms with van der Waals surface area (Å²) in [4.78, 5) is 28.0. The third-order valence-electron chi connectivity index (χ3n) is 3.34. The summed E-state index contributed by atoms with van der Waals surface area (Å²) < 4.78 is 5.14. The van der Waals surface area contributed by atoms with Gasteiger partial charge in [-0.1, -0.05) is 47.1 Å². The summed E-state index contributed by atoms with van der Waals surface area (Å²) in [5.74, 6) is -0.898. The van der Waals surface area contributed by atoms with E-state index >= 15 is 0 Å². The van der Waals surface area contributed by atoms with E-state index in [1.807, 2.05) is 0 Å². The van der Waals surface area contributed by atoms with Gasteiger partial charge in [0.2, 0.25) is 5.91 Å². The lowest BCUT2D eigenvalue weighted by Crippen LogP contribution is -2.31. The molecule has 0 saturated heterocycles. The number of halogens is 2. The smallest absolute Gasteiger partial charge is 0.338 e. The molecule has 1 amide bonds. The Morgan fingerprint density at radius 2 is 2.12 bits per heavy atom. The molecule has 2 rings (SSSR count). The van der Waals surface area contributed by atoms with Crippen molar-refractivity contribution in [1.29, 1.82) is 0 Å². The third-order valence-corrected chi connectivity index (χ3v) is 5.08. The first-order valence-corrected chi connectivity index (χ1v) is 9.17. The van der Waals surface area contributed by atoms with Crippen LogP contribution >= 0.6 is 35.0 Å². The van der Waals surface area contributed by atoms with Gasteiger partial charge in [-0.05, 0) is 19.9 Å². The van der Waals surface area contributed by atoms with Crippen LogP contribution in [0.15, 0.2) is 34.5 Å². The number of carbonyl (C=O) groups excluding carboxylic acids is 2. The van der Waals surface area contributed by atoms with Crippen molar-refractivity contribution in [2.24, 2.45) is 10.7 Å². The van der Waals surface area contributed by atoms with Crippen LogP contribution in [0.2, 0.25) is 10.0 Å². The number of thioether (sulfide) groups is 1. The van der Waals surface area contributed by atoms with E-state index in [-0.39, 0.29) is 12.4 Å². The van der Waals surface area contributed by atoms with Gasteiger partial charge < -0.3 is 15.8 Å². The van der Waals surface area contributed by atoms with Crippen molar-refractivity contribution in [3.8, 4) is 0 Å². The van der Waals surface area contributed by atoms with Gasteiger partial charge in [-0.3, -0.25) is 4.79 Å². The van der Waals surface area contributed by atoms with E-state index in [0.29, 0.717) is 32.0 Å². The molecule has 1 aromatic carbocycles. The number of allylic oxidation sites excluding steroid dienone is 1. The molecule has 0 aliphatic carbocycles. The Morgan fingerprint density at radius 3 is 2.76 bits per heavy atom. The number of nitrogens with one attached hydrogen (secondary N) is 1. The summed E-state index contributed by atoms with van der Waals surface area (Å²) in [6.45, 7) is 3.69. The van der Waals surface area contributed by atoms with Crippen LogP contribution in [0.5, 0.6) is 0 Å². The lowest BCUT2D eigenvalue weighted by Gasteiger charge is -2.26. The number of amidine groups is 1. The monoisotopic (exact) mass is 401 g/mol. The summed E-state index contributed by atoms with van der Waals surface area (Å²) in [5, 5.41) is 4.14. The number of nitrogens with two attached hydrogens (primary N) is 1. The van der Waals surface area contributed by atoms with Crippen molar-refractivity contribution in [3.05, 3.63) is 45.1 Å². The first-order valence-electron chi connectivity index (χ1n) is 7.42. The van der Waals surface area contributed by atoms with Crippen LogP contribution in [0.25, 0.3) is 0 Å². The minimum Gasteiger partial charge on any atom is -0.463 e. The molecule has 0 radical (unpaired) electrons. The predicted octanol–water partition coefficient (Wildman–Crippen LogP) is 3.05. The Hall–Kier alpha value is -1.70. The van der Waals surface area contributed by atoms with Crippen molar-refractivity contribution in [3.63, 3.8) is 0 Å². The Kier molecular flexibility index (Phi) is 6.75. The minimum absolute atomic E-state index is 0.0594. The second kappa shape index (κ2) is 8.60. The fourth-order valence-electron chi connectivity index (χ4n) is 2.29. The molecular formula is C16H17Cl2N3O3S. The first-order chi connectivity index (χ1) is 11.8. The van der Waals surface area contributed by atoms with E-state index in [1.165, 1.54) is 0 Å². The first kappa shape index (κ1) is 19.6. The van der Waals surface area contributed by atoms with Gasteiger partial charge in [0.25, 0.3) is 0 Å². The number of hydrogen-bond acceptors (Lipinski definition) is 6. The van der Waals surface area contributed by atoms with Crippen molar-refractivity contribution >= 4 is 52.0 Å². The number of aliphatic imine (C=N–C) groups is 1. The van der Waals surface area contributed by atoms with Crippen LogP contribution in [0.1, 0.15) is 25.5 Å². The van der Waals surface area contributed by atoms with Gasteiger partial charge in [0.05, 0.1) is 28.0 Å². The third kappa shape index (κ3) is 4.68. The normalized spacial score (nSPS) is 17.0. The van der Waals surface area contributed by atoms with E-state index in [4.69, 9.17) is 33.7 Å². The fourth-order valence-corrected chi connectivity index (χ4v) is 3.39. The van der Waals surface area contributed by atoms with E-state index in [0.717, 1.165) is 11.8 Å². The number of primary amides is 1. The fraction of sp³-hybridized carbons (Fsp3) is 0.312. The van der Waals surface area contributed by atoms with Crippen LogP contribution in [0.4, 0.5) is 0 Å². The van der Waals surface area contributed by atoms with Gasteiger partial charge >= 0.3 is 5.97 Å². The lowest BCUT2D eigenvalue weighted by molar-refractivity contribution is -0.139. The zero-order valence-corrected chi connectivity index (χ0v) is 16.0. The summed E-state index contributed by atoms with van der Waals surface area (Å²) in [6.07, 6.45) is 0. The second-order valence-corrected chi connectivity index (χ2v) is 6.87. The number of amides is 1. The SMILES string of the molecule is CCOC(=O)C1=C(C)NC(SCC(N)=O)=N[C@H]1c1cccc(Cl)c1Cl.